The van der Waals surface area contributed by atoms with Crippen molar-refractivity contribution >= 4 is 7.60 Å². The van der Waals surface area contributed by atoms with Gasteiger partial charge in [0.05, 0.1) is 0 Å². The Morgan fingerprint density at radius 1 is 1.50 bits per heavy atom. The van der Waals surface area contributed by atoms with Crippen molar-refractivity contribution in [2.24, 2.45) is 0 Å². The minimum absolute atomic E-state index is 0.329. The zero-order chi connectivity index (χ0) is 10.8. The fraction of sp³-hybridized carbons (Fsp3) is 0.625. The van der Waals surface area contributed by atoms with Crippen LogP contribution in [-0.4, -0.2) is 14.9 Å². The van der Waals surface area contributed by atoms with Gasteiger partial charge in [-0.1, -0.05) is 19.0 Å². The van der Waals surface area contributed by atoms with Gasteiger partial charge in [0.2, 0.25) is 0 Å². The van der Waals surface area contributed by atoms with E-state index in [-0.39, 0.29) is 0 Å². The van der Waals surface area contributed by atoms with Gasteiger partial charge in [0.1, 0.15) is 17.1 Å². The van der Waals surface area contributed by atoms with Crippen LogP contribution >= 0.6 is 7.60 Å². The van der Waals surface area contributed by atoms with Crippen LogP contribution in [0.5, 0.6) is 0 Å². The first kappa shape index (κ1) is 11.4. The average Bonchev–Trinajstić information content (AvgIpc) is 2.58. The molecular weight excluding hydrogens is 205 g/mol. The lowest BCUT2D eigenvalue weighted by atomic mass is 9.98. The van der Waals surface area contributed by atoms with Crippen LogP contribution in [0.25, 0.3) is 0 Å². The molecule has 80 valence electrons. The van der Waals surface area contributed by atoms with Crippen molar-refractivity contribution in [1.29, 1.82) is 0 Å². The van der Waals surface area contributed by atoms with Crippen LogP contribution in [0.3, 0.4) is 0 Å². The number of rotatable bonds is 4. The van der Waals surface area contributed by atoms with Gasteiger partial charge in [0, 0.05) is 6.07 Å². The molecule has 0 spiro atoms. The molecule has 0 atom stereocenters. The van der Waals surface area contributed by atoms with E-state index in [4.69, 9.17) is 0 Å². The lowest BCUT2D eigenvalue weighted by Gasteiger charge is -2.29. The molecule has 1 aromatic heterocycles. The molecule has 0 saturated carbocycles. The van der Waals surface area contributed by atoms with E-state index in [1.54, 1.807) is 13.8 Å². The fourth-order valence-electron chi connectivity index (χ4n) is 1.63. The summed E-state index contributed by atoms with van der Waals surface area (Å²) in [6.07, 6.45) is 1.99. The highest BCUT2D eigenvalue weighted by Gasteiger charge is 2.47. The van der Waals surface area contributed by atoms with E-state index in [1.807, 2.05) is 0 Å². The number of hydrogen-bond acceptors (Lipinski definition) is 3. The molecule has 0 aliphatic carbocycles. The predicted molar refractivity (Wildman–Crippen MR) is 50.8 cm³/mol. The maximum absolute atomic E-state index is 11.4. The number of nitrogens with zero attached hydrogens (tertiary/aromatic N) is 1. The number of hydrogen-bond donors (Lipinski definition) is 2. The van der Waals surface area contributed by atoms with Crippen LogP contribution in [0.2, 0.25) is 0 Å². The Bertz CT molecular complexity index is 325. The van der Waals surface area contributed by atoms with Crippen molar-refractivity contribution in [3.63, 3.8) is 0 Å². The zero-order valence-corrected chi connectivity index (χ0v) is 9.07. The molecule has 0 aromatic carbocycles. The standard InChI is InChI=1S/C8H14NO4P/c1-3-8(4-2,14(10,11)12)7-5-6-13-9-7/h5-6H,3-4H2,1-2H3,(H2,10,11,12). The number of aromatic nitrogens is 1. The minimum atomic E-state index is -4.22. The summed E-state index contributed by atoms with van der Waals surface area (Å²) in [5.41, 5.74) is 0.329. The Morgan fingerprint density at radius 2 is 2.07 bits per heavy atom. The molecule has 5 nitrogen and oxygen atoms in total. The van der Waals surface area contributed by atoms with Gasteiger partial charge in [-0.25, -0.2) is 0 Å². The van der Waals surface area contributed by atoms with Crippen molar-refractivity contribution in [3.05, 3.63) is 18.0 Å². The van der Waals surface area contributed by atoms with Crippen LogP contribution in [-0.2, 0) is 9.72 Å². The van der Waals surface area contributed by atoms with Crippen LogP contribution in [0.4, 0.5) is 0 Å². The highest BCUT2D eigenvalue weighted by atomic mass is 31.2. The maximum Gasteiger partial charge on any atom is 0.337 e. The van der Waals surface area contributed by atoms with Crippen LogP contribution in [0.1, 0.15) is 32.4 Å². The van der Waals surface area contributed by atoms with Gasteiger partial charge in [-0.2, -0.15) is 0 Å². The van der Waals surface area contributed by atoms with E-state index in [2.05, 4.69) is 9.68 Å². The summed E-state index contributed by atoms with van der Waals surface area (Å²) in [6, 6.07) is 1.51. The molecule has 0 radical (unpaired) electrons. The van der Waals surface area contributed by atoms with Gasteiger partial charge < -0.3 is 14.3 Å². The largest absolute Gasteiger partial charge is 0.364 e. The molecule has 0 aliphatic rings. The highest BCUT2D eigenvalue weighted by Crippen LogP contribution is 2.60. The second-order valence-electron chi connectivity index (χ2n) is 3.17. The molecule has 1 rings (SSSR count). The highest BCUT2D eigenvalue weighted by molar-refractivity contribution is 7.53. The molecule has 14 heavy (non-hydrogen) atoms. The van der Waals surface area contributed by atoms with E-state index in [1.165, 1.54) is 12.3 Å². The summed E-state index contributed by atoms with van der Waals surface area (Å²) in [5, 5.41) is 2.44. The van der Waals surface area contributed by atoms with Gasteiger partial charge in [0.25, 0.3) is 0 Å². The van der Waals surface area contributed by atoms with Crippen molar-refractivity contribution in [1.82, 2.24) is 5.16 Å². The van der Waals surface area contributed by atoms with Crippen LogP contribution in [0.15, 0.2) is 16.9 Å². The van der Waals surface area contributed by atoms with Gasteiger partial charge in [-0.05, 0) is 12.8 Å². The first-order chi connectivity index (χ1) is 6.48. The summed E-state index contributed by atoms with van der Waals surface area (Å²) in [6.45, 7) is 3.47. The second kappa shape index (κ2) is 3.85. The molecule has 2 N–H and O–H groups in total. The third-order valence-electron chi connectivity index (χ3n) is 2.64. The summed E-state index contributed by atoms with van der Waals surface area (Å²) >= 11 is 0. The molecule has 1 aromatic rings. The summed E-state index contributed by atoms with van der Waals surface area (Å²) in [7, 11) is -4.22. The molecule has 6 heteroatoms. The van der Waals surface area contributed by atoms with Crippen molar-refractivity contribution in [2.75, 3.05) is 0 Å². The average molecular weight is 219 g/mol. The van der Waals surface area contributed by atoms with E-state index in [0.717, 1.165) is 0 Å². The lowest BCUT2D eigenvalue weighted by Crippen LogP contribution is -2.24. The van der Waals surface area contributed by atoms with Crippen molar-refractivity contribution in [2.45, 2.75) is 31.8 Å². The van der Waals surface area contributed by atoms with Crippen molar-refractivity contribution in [3.8, 4) is 0 Å². The summed E-state index contributed by atoms with van der Waals surface area (Å²) in [5.74, 6) is 0. The molecule has 0 amide bonds. The fourth-order valence-corrected chi connectivity index (χ4v) is 2.86. The molecular formula is C8H14NO4P. The first-order valence-corrected chi connectivity index (χ1v) is 6.05. The molecule has 0 bridgehead atoms. The van der Waals surface area contributed by atoms with Gasteiger partial charge in [-0.3, -0.25) is 4.57 Å². The lowest BCUT2D eigenvalue weighted by molar-refractivity contribution is 0.303. The Kier molecular flexibility index (Phi) is 3.14. The monoisotopic (exact) mass is 219 g/mol. The zero-order valence-electron chi connectivity index (χ0n) is 8.17. The third kappa shape index (κ3) is 1.63. The quantitative estimate of drug-likeness (QED) is 0.755. The normalized spacial score (nSPS) is 13.1. The predicted octanol–water partition coefficient (Wildman–Crippen LogP) is 1.87. The summed E-state index contributed by atoms with van der Waals surface area (Å²) < 4.78 is 16.1. The Hall–Kier alpha value is -0.640. The van der Waals surface area contributed by atoms with Gasteiger partial charge in [0.15, 0.2) is 0 Å². The minimum Gasteiger partial charge on any atom is -0.364 e. The van der Waals surface area contributed by atoms with E-state index in [0.29, 0.717) is 18.5 Å². The smallest absolute Gasteiger partial charge is 0.337 e. The van der Waals surface area contributed by atoms with Gasteiger partial charge in [-0.15, -0.1) is 0 Å². The molecule has 0 aliphatic heterocycles. The van der Waals surface area contributed by atoms with Crippen LogP contribution < -0.4 is 0 Å². The molecule has 0 fully saturated rings. The SMILES string of the molecule is CCC(CC)(c1ccon1)P(=O)(O)O. The van der Waals surface area contributed by atoms with E-state index in [9.17, 15) is 14.4 Å². The topological polar surface area (TPSA) is 83.6 Å². The summed E-state index contributed by atoms with van der Waals surface area (Å²) in [4.78, 5) is 18.7. The van der Waals surface area contributed by atoms with Crippen LogP contribution in [0, 0.1) is 0 Å². The van der Waals surface area contributed by atoms with E-state index >= 15 is 0 Å². The molecule has 0 unspecified atom stereocenters. The molecule has 1 heterocycles. The third-order valence-corrected chi connectivity index (χ3v) is 4.62. The Morgan fingerprint density at radius 3 is 2.36 bits per heavy atom. The Labute approximate surface area is 82.3 Å². The first-order valence-electron chi connectivity index (χ1n) is 4.44. The van der Waals surface area contributed by atoms with Crippen molar-refractivity contribution < 1.29 is 18.9 Å². The second-order valence-corrected chi connectivity index (χ2v) is 5.11. The van der Waals surface area contributed by atoms with Gasteiger partial charge >= 0.3 is 7.60 Å². The molecule has 0 saturated heterocycles. The maximum atomic E-state index is 11.4. The Balaban J connectivity index is 3.25. The van der Waals surface area contributed by atoms with E-state index < -0.39 is 12.8 Å².